The van der Waals surface area contributed by atoms with Crippen LogP contribution in [0.4, 0.5) is 0 Å². The number of ether oxygens (including phenoxy) is 3. The Labute approximate surface area is 247 Å². The molecule has 1 aliphatic rings. The maximum Gasteiger partial charge on any atom is 0.223 e. The highest BCUT2D eigenvalue weighted by molar-refractivity contribution is 5.79. The van der Waals surface area contributed by atoms with Gasteiger partial charge in [0.25, 0.3) is 0 Å². The van der Waals surface area contributed by atoms with Crippen molar-refractivity contribution in [3.63, 3.8) is 0 Å². The summed E-state index contributed by atoms with van der Waals surface area (Å²) in [5.74, 6) is 1.72. The van der Waals surface area contributed by atoms with Crippen molar-refractivity contribution in [2.24, 2.45) is 29.4 Å². The molecular weight excluding hydrogens is 522 g/mol. The van der Waals surface area contributed by atoms with Crippen LogP contribution in [0.5, 0.6) is 11.5 Å². The number of rotatable bonds is 17. The van der Waals surface area contributed by atoms with E-state index >= 15 is 0 Å². The third-order valence-electron chi connectivity index (χ3n) is 8.35. The summed E-state index contributed by atoms with van der Waals surface area (Å²) in [5.41, 5.74) is 7.70. The minimum atomic E-state index is -0.790. The largest absolute Gasteiger partial charge is 0.493 e. The van der Waals surface area contributed by atoms with Gasteiger partial charge in [-0.2, -0.15) is 0 Å². The zero-order valence-corrected chi connectivity index (χ0v) is 26.4. The van der Waals surface area contributed by atoms with Crippen LogP contribution in [0.3, 0.4) is 0 Å². The summed E-state index contributed by atoms with van der Waals surface area (Å²) in [4.78, 5) is 26.7. The number of amides is 2. The molecule has 0 radical (unpaired) electrons. The molecular formula is C32H55N3O6. The minimum Gasteiger partial charge on any atom is -0.493 e. The summed E-state index contributed by atoms with van der Waals surface area (Å²) in [6, 6.07) is 5.59. The number of hydrogen-bond acceptors (Lipinski definition) is 7. The average molecular weight is 578 g/mol. The second-order valence-electron chi connectivity index (χ2n) is 12.1. The predicted octanol–water partition coefficient (Wildman–Crippen LogP) is 3.79. The van der Waals surface area contributed by atoms with Crippen molar-refractivity contribution in [1.29, 1.82) is 0 Å². The van der Waals surface area contributed by atoms with E-state index in [1.54, 1.807) is 14.0 Å². The molecule has 0 aliphatic carbocycles. The molecule has 1 aromatic carbocycles. The van der Waals surface area contributed by atoms with Crippen LogP contribution in [0, 0.1) is 23.7 Å². The molecule has 2 amide bonds. The maximum absolute atomic E-state index is 13.2. The Bertz CT molecular complexity index is 932. The lowest BCUT2D eigenvalue weighted by atomic mass is 9.80. The third kappa shape index (κ3) is 11.4. The van der Waals surface area contributed by atoms with Crippen LogP contribution in [-0.4, -0.2) is 80.0 Å². The number of hydrogen-bond donors (Lipinski definition) is 3. The fourth-order valence-corrected chi connectivity index (χ4v) is 5.48. The third-order valence-corrected chi connectivity index (χ3v) is 8.35. The van der Waals surface area contributed by atoms with Gasteiger partial charge in [0.1, 0.15) is 6.61 Å². The van der Waals surface area contributed by atoms with Crippen molar-refractivity contribution < 1.29 is 28.9 Å². The van der Waals surface area contributed by atoms with Crippen molar-refractivity contribution in [1.82, 2.24) is 10.2 Å². The maximum atomic E-state index is 13.2. The van der Waals surface area contributed by atoms with Gasteiger partial charge in [0.2, 0.25) is 11.8 Å². The highest BCUT2D eigenvalue weighted by Gasteiger charge is 2.31. The summed E-state index contributed by atoms with van der Waals surface area (Å²) in [5, 5.41) is 14.3. The van der Waals surface area contributed by atoms with Crippen LogP contribution in [0.25, 0.3) is 0 Å². The Morgan fingerprint density at radius 3 is 2.32 bits per heavy atom. The number of carbonyl (C=O) groups is 2. The van der Waals surface area contributed by atoms with Crippen LogP contribution >= 0.6 is 0 Å². The molecule has 1 aliphatic heterocycles. The zero-order valence-electron chi connectivity index (χ0n) is 26.4. The van der Waals surface area contributed by atoms with E-state index in [1.807, 2.05) is 43.9 Å². The fourth-order valence-electron chi connectivity index (χ4n) is 5.48. The average Bonchev–Trinajstić information content (AvgIpc) is 2.93. The van der Waals surface area contributed by atoms with E-state index in [0.717, 1.165) is 24.8 Å². The van der Waals surface area contributed by atoms with Crippen molar-refractivity contribution >= 4 is 11.8 Å². The van der Waals surface area contributed by atoms with Crippen LogP contribution in [-0.2, 0) is 20.7 Å². The van der Waals surface area contributed by atoms with E-state index in [-0.39, 0.29) is 35.6 Å². The highest BCUT2D eigenvalue weighted by atomic mass is 16.5. The van der Waals surface area contributed by atoms with Gasteiger partial charge in [-0.25, -0.2) is 0 Å². The number of nitrogens with zero attached hydrogens (tertiary/aromatic N) is 1. The first-order valence-electron chi connectivity index (χ1n) is 15.3. The number of nitrogens with two attached hydrogens (primary N) is 1. The molecule has 234 valence electrons. The van der Waals surface area contributed by atoms with Gasteiger partial charge in [-0.05, 0) is 74.5 Å². The Balaban J connectivity index is 1.98. The van der Waals surface area contributed by atoms with E-state index < -0.39 is 12.1 Å². The minimum absolute atomic E-state index is 0.0389. The number of methoxy groups -OCH3 is 1. The molecule has 41 heavy (non-hydrogen) atoms. The fraction of sp³-hybridized carbons (Fsp3) is 0.750. The molecule has 9 nitrogen and oxygen atoms in total. The Kier molecular flexibility index (Phi) is 14.9. The van der Waals surface area contributed by atoms with Crippen molar-refractivity contribution in [2.75, 3.05) is 40.0 Å². The normalized spacial score (nSPS) is 17.3. The van der Waals surface area contributed by atoms with Crippen LogP contribution in [0.1, 0.15) is 72.8 Å². The van der Waals surface area contributed by atoms with E-state index in [0.29, 0.717) is 63.2 Å². The van der Waals surface area contributed by atoms with Gasteiger partial charge in [-0.3, -0.25) is 9.59 Å². The van der Waals surface area contributed by atoms with Crippen LogP contribution in [0.2, 0.25) is 0 Å². The number of likely N-dealkylation sites (tertiary alicyclic amines) is 1. The van der Waals surface area contributed by atoms with Crippen molar-refractivity contribution in [2.45, 2.75) is 91.8 Å². The van der Waals surface area contributed by atoms with E-state index in [9.17, 15) is 14.7 Å². The van der Waals surface area contributed by atoms with Gasteiger partial charge >= 0.3 is 0 Å². The molecule has 1 fully saturated rings. The summed E-state index contributed by atoms with van der Waals surface area (Å²) < 4.78 is 16.8. The smallest absolute Gasteiger partial charge is 0.223 e. The second-order valence-corrected chi connectivity index (χ2v) is 12.1. The molecule has 1 saturated heterocycles. The summed E-state index contributed by atoms with van der Waals surface area (Å²) in [7, 11) is 1.63. The van der Waals surface area contributed by atoms with Gasteiger partial charge in [0, 0.05) is 44.6 Å². The lowest BCUT2D eigenvalue weighted by Gasteiger charge is -2.34. The van der Waals surface area contributed by atoms with Crippen LogP contribution in [0.15, 0.2) is 18.2 Å². The Hall–Kier alpha value is -2.36. The summed E-state index contributed by atoms with van der Waals surface area (Å²) in [6.07, 6.45) is 2.46. The number of aliphatic hydroxyl groups excluding tert-OH is 1. The monoisotopic (exact) mass is 577 g/mol. The molecule has 1 aromatic rings. The molecule has 4 N–H and O–H groups in total. The molecule has 0 spiro atoms. The predicted molar refractivity (Wildman–Crippen MR) is 162 cm³/mol. The zero-order chi connectivity index (χ0) is 30.5. The first-order valence-corrected chi connectivity index (χ1v) is 15.3. The lowest BCUT2D eigenvalue weighted by Crippen LogP contribution is -2.49. The molecule has 9 heteroatoms. The van der Waals surface area contributed by atoms with E-state index in [4.69, 9.17) is 19.9 Å². The van der Waals surface area contributed by atoms with E-state index in [1.165, 1.54) is 0 Å². The second kappa shape index (κ2) is 17.6. The standard InChI is InChI=1S/C32H55N3O6/c1-8-40-15-16-41-31-18-24(9-10-30(31)39-7)17-25(21(2)3)19-28(33)29(37)20-27(22(4)5)32(38)34-26-11-13-35(14-12-26)23(6)36/h9-10,18,21-22,25-29,37H,8,11-17,19-20,33H2,1-7H3,(H,34,38)/t25-,27+,28-,29-/m0/s1. The molecule has 0 unspecified atom stereocenters. The summed E-state index contributed by atoms with van der Waals surface area (Å²) in [6.45, 7) is 14.8. The summed E-state index contributed by atoms with van der Waals surface area (Å²) >= 11 is 0. The number of carbonyl (C=O) groups excluding carboxylic acids is 2. The first kappa shape index (κ1) is 34.8. The van der Waals surface area contributed by atoms with Gasteiger partial charge in [0.05, 0.1) is 19.8 Å². The van der Waals surface area contributed by atoms with Gasteiger partial charge in [-0.1, -0.05) is 33.8 Å². The van der Waals surface area contributed by atoms with Gasteiger partial charge < -0.3 is 35.3 Å². The first-order chi connectivity index (χ1) is 19.5. The number of nitrogens with one attached hydrogen (secondary N) is 1. The number of benzene rings is 1. The lowest BCUT2D eigenvalue weighted by molar-refractivity contribution is -0.130. The molecule has 2 rings (SSSR count). The van der Waals surface area contributed by atoms with Crippen molar-refractivity contribution in [3.05, 3.63) is 23.8 Å². The quantitative estimate of drug-likeness (QED) is 0.241. The SMILES string of the molecule is CCOCCOc1cc(C[C@@H](C[C@H](N)[C@@H](O)C[C@@H](C(=O)NC2CCN(C(C)=O)CC2)C(C)C)C(C)C)ccc1OC. The molecule has 4 atom stereocenters. The molecule has 0 bridgehead atoms. The highest BCUT2D eigenvalue weighted by Crippen LogP contribution is 2.31. The van der Waals surface area contributed by atoms with Crippen molar-refractivity contribution in [3.8, 4) is 11.5 Å². The molecule has 0 saturated carbocycles. The van der Waals surface area contributed by atoms with Gasteiger partial charge in [-0.15, -0.1) is 0 Å². The molecule has 0 aromatic heterocycles. The van der Waals surface area contributed by atoms with Crippen LogP contribution < -0.4 is 20.5 Å². The Morgan fingerprint density at radius 2 is 1.76 bits per heavy atom. The van der Waals surface area contributed by atoms with E-state index in [2.05, 4.69) is 19.2 Å². The number of aliphatic hydroxyl groups is 1. The molecule has 1 heterocycles. The number of piperidine rings is 1. The topological polar surface area (TPSA) is 123 Å². The van der Waals surface area contributed by atoms with Gasteiger partial charge in [0.15, 0.2) is 11.5 Å². The Morgan fingerprint density at radius 1 is 1.07 bits per heavy atom.